The minimum atomic E-state index is -0.803. The summed E-state index contributed by atoms with van der Waals surface area (Å²) in [6, 6.07) is 8.74. The topological polar surface area (TPSA) is 72.9 Å². The van der Waals surface area contributed by atoms with E-state index in [9.17, 15) is 9.59 Å². The molecule has 1 aliphatic rings. The molecule has 2 rings (SSSR count). The van der Waals surface area contributed by atoms with Gasteiger partial charge in [0, 0.05) is 31.1 Å². The van der Waals surface area contributed by atoms with Crippen molar-refractivity contribution in [1.29, 1.82) is 0 Å². The van der Waals surface area contributed by atoms with Crippen LogP contribution in [0, 0.1) is 6.92 Å². The normalized spacial score (nSPS) is 19.5. The summed E-state index contributed by atoms with van der Waals surface area (Å²) in [7, 11) is 1.82. The molecule has 0 aliphatic heterocycles. The molecule has 2 N–H and O–H groups in total. The summed E-state index contributed by atoms with van der Waals surface area (Å²) >= 11 is 0. The third-order valence-electron chi connectivity index (χ3n) is 5.51. The number of nitrogens with zero attached hydrogens (tertiary/aromatic N) is 2. The van der Waals surface area contributed by atoms with E-state index < -0.39 is 5.97 Å². The second-order valence-corrected chi connectivity index (χ2v) is 8.33. The highest BCUT2D eigenvalue weighted by atomic mass is 16.4. The van der Waals surface area contributed by atoms with Crippen molar-refractivity contribution in [3.8, 4) is 0 Å². The first-order valence-corrected chi connectivity index (χ1v) is 9.67. The first kappa shape index (κ1) is 21.2. The van der Waals surface area contributed by atoms with Gasteiger partial charge in [0.15, 0.2) is 0 Å². The Morgan fingerprint density at radius 3 is 2.33 bits per heavy atom. The van der Waals surface area contributed by atoms with Crippen LogP contribution >= 0.6 is 0 Å². The van der Waals surface area contributed by atoms with E-state index in [0.29, 0.717) is 13.1 Å². The van der Waals surface area contributed by atoms with Crippen molar-refractivity contribution in [2.75, 3.05) is 26.7 Å². The number of amides is 2. The highest BCUT2D eigenvalue weighted by molar-refractivity contribution is 5.74. The molecule has 6 heteroatoms. The van der Waals surface area contributed by atoms with Gasteiger partial charge in [0.25, 0.3) is 0 Å². The molecule has 0 bridgehead atoms. The van der Waals surface area contributed by atoms with Gasteiger partial charge >= 0.3 is 12.0 Å². The molecule has 0 radical (unpaired) electrons. The van der Waals surface area contributed by atoms with Gasteiger partial charge in [-0.2, -0.15) is 0 Å². The minimum Gasteiger partial charge on any atom is -0.480 e. The van der Waals surface area contributed by atoms with Crippen LogP contribution in [0.1, 0.15) is 44.7 Å². The quantitative estimate of drug-likeness (QED) is 0.733. The fraction of sp³-hybridized carbons (Fsp3) is 0.619. The van der Waals surface area contributed by atoms with Crippen molar-refractivity contribution in [3.05, 3.63) is 35.4 Å². The Labute approximate surface area is 162 Å². The van der Waals surface area contributed by atoms with Gasteiger partial charge in [-0.05, 0) is 31.9 Å². The summed E-state index contributed by atoms with van der Waals surface area (Å²) in [5.74, 6) is -0.803. The van der Waals surface area contributed by atoms with Crippen molar-refractivity contribution in [1.82, 2.24) is 15.1 Å². The van der Waals surface area contributed by atoms with Gasteiger partial charge in [0.2, 0.25) is 0 Å². The number of carbonyl (C=O) groups excluding carboxylic acids is 1. The van der Waals surface area contributed by atoms with Crippen LogP contribution in [-0.4, -0.2) is 65.7 Å². The van der Waals surface area contributed by atoms with Crippen molar-refractivity contribution in [2.24, 2.45) is 0 Å². The molecule has 2 amide bonds. The van der Waals surface area contributed by atoms with Crippen molar-refractivity contribution < 1.29 is 14.7 Å². The minimum absolute atomic E-state index is 0.0620. The van der Waals surface area contributed by atoms with E-state index in [4.69, 9.17) is 5.11 Å². The van der Waals surface area contributed by atoms with Crippen LogP contribution in [0.2, 0.25) is 0 Å². The summed E-state index contributed by atoms with van der Waals surface area (Å²) < 4.78 is 0. The molecule has 0 aromatic heterocycles. The number of hydrogen-bond acceptors (Lipinski definition) is 3. The second-order valence-electron chi connectivity index (χ2n) is 8.33. The van der Waals surface area contributed by atoms with Gasteiger partial charge in [-0.1, -0.05) is 50.6 Å². The molecule has 0 heterocycles. The van der Waals surface area contributed by atoms with Gasteiger partial charge < -0.3 is 15.3 Å². The third kappa shape index (κ3) is 5.70. The average molecular weight is 376 g/mol. The first-order chi connectivity index (χ1) is 12.6. The predicted octanol–water partition coefficient (Wildman–Crippen LogP) is 2.85. The molecule has 0 saturated heterocycles. The van der Waals surface area contributed by atoms with Crippen LogP contribution in [0.25, 0.3) is 0 Å². The zero-order chi connectivity index (χ0) is 20.2. The largest absolute Gasteiger partial charge is 0.480 e. The number of aryl methyl sites for hydroxylation is 1. The number of carbonyl (C=O) groups is 2. The Bertz CT molecular complexity index is 651. The Kier molecular flexibility index (Phi) is 6.87. The highest BCUT2D eigenvalue weighted by Crippen LogP contribution is 2.27. The monoisotopic (exact) mass is 375 g/mol. The lowest BCUT2D eigenvalue weighted by molar-refractivity contribution is -0.139. The highest BCUT2D eigenvalue weighted by Gasteiger charge is 2.35. The van der Waals surface area contributed by atoms with Gasteiger partial charge in [-0.3, -0.25) is 9.69 Å². The molecule has 1 aromatic rings. The van der Waals surface area contributed by atoms with E-state index in [0.717, 1.165) is 12.8 Å². The molecule has 27 heavy (non-hydrogen) atoms. The average Bonchev–Trinajstić information content (AvgIpc) is 2.55. The van der Waals surface area contributed by atoms with Crippen molar-refractivity contribution in [2.45, 2.75) is 58.0 Å². The van der Waals surface area contributed by atoms with Gasteiger partial charge in [-0.15, -0.1) is 0 Å². The Hall–Kier alpha value is -2.08. The molecular weight excluding hydrogens is 342 g/mol. The number of carboxylic acids is 1. The van der Waals surface area contributed by atoms with Crippen LogP contribution in [0.5, 0.6) is 0 Å². The zero-order valence-corrected chi connectivity index (χ0v) is 17.2. The summed E-state index contributed by atoms with van der Waals surface area (Å²) in [6.45, 7) is 9.72. The lowest BCUT2D eigenvalue weighted by Crippen LogP contribution is -2.57. The maximum absolute atomic E-state index is 12.5. The number of urea groups is 1. The number of hydrogen-bond donors (Lipinski definition) is 2. The lowest BCUT2D eigenvalue weighted by atomic mass is 9.83. The number of benzene rings is 1. The molecule has 0 atom stereocenters. The Morgan fingerprint density at radius 1 is 1.22 bits per heavy atom. The summed E-state index contributed by atoms with van der Waals surface area (Å²) in [4.78, 5) is 27.1. The molecule has 1 aliphatic carbocycles. The molecular formula is C21H33N3O3. The number of carboxylic acid groups (broad SMARTS) is 1. The fourth-order valence-corrected chi connectivity index (χ4v) is 3.72. The van der Waals surface area contributed by atoms with Crippen LogP contribution in [0.3, 0.4) is 0 Å². The molecule has 0 unspecified atom stereocenters. The smallest absolute Gasteiger partial charge is 0.317 e. The molecule has 1 saturated carbocycles. The number of aliphatic carboxylic acids is 1. The molecule has 150 valence electrons. The number of nitrogens with one attached hydrogen (secondary N) is 1. The van der Waals surface area contributed by atoms with Crippen LogP contribution in [0.4, 0.5) is 4.79 Å². The molecule has 6 nitrogen and oxygen atoms in total. The molecule has 1 aromatic carbocycles. The predicted molar refractivity (Wildman–Crippen MR) is 107 cm³/mol. The summed E-state index contributed by atoms with van der Waals surface area (Å²) in [6.07, 6.45) is 1.62. The van der Waals surface area contributed by atoms with E-state index in [1.54, 1.807) is 4.90 Å². The van der Waals surface area contributed by atoms with Crippen LogP contribution in [-0.2, 0) is 10.2 Å². The van der Waals surface area contributed by atoms with Crippen LogP contribution < -0.4 is 5.32 Å². The molecule has 1 fully saturated rings. The SMILES string of the molecule is CCN(CC(=O)O)C1CC(NC(=O)N(C)CC(C)(C)c2ccc(C)cc2)C1. The summed E-state index contributed by atoms with van der Waals surface area (Å²) in [5, 5.41) is 12.0. The van der Waals surface area contributed by atoms with E-state index in [-0.39, 0.29) is 30.1 Å². The van der Waals surface area contributed by atoms with E-state index in [1.807, 2.05) is 18.9 Å². The Morgan fingerprint density at radius 2 is 1.81 bits per heavy atom. The lowest BCUT2D eigenvalue weighted by Gasteiger charge is -2.43. The van der Waals surface area contributed by atoms with Crippen molar-refractivity contribution >= 4 is 12.0 Å². The molecule has 0 spiro atoms. The van der Waals surface area contributed by atoms with Gasteiger partial charge in [0.05, 0.1) is 6.54 Å². The van der Waals surface area contributed by atoms with Crippen LogP contribution in [0.15, 0.2) is 24.3 Å². The Balaban J connectivity index is 1.82. The van der Waals surface area contributed by atoms with Gasteiger partial charge in [-0.25, -0.2) is 4.79 Å². The fourth-order valence-electron chi connectivity index (χ4n) is 3.72. The maximum atomic E-state index is 12.5. The number of rotatable bonds is 8. The second kappa shape index (κ2) is 8.74. The van der Waals surface area contributed by atoms with Gasteiger partial charge in [0.1, 0.15) is 0 Å². The third-order valence-corrected chi connectivity index (χ3v) is 5.51. The number of likely N-dealkylation sites (N-methyl/N-ethyl adjacent to an activating group) is 2. The van der Waals surface area contributed by atoms with E-state index in [1.165, 1.54) is 11.1 Å². The summed E-state index contributed by atoms with van der Waals surface area (Å²) in [5.41, 5.74) is 2.30. The maximum Gasteiger partial charge on any atom is 0.317 e. The van der Waals surface area contributed by atoms with E-state index >= 15 is 0 Å². The first-order valence-electron chi connectivity index (χ1n) is 9.67. The van der Waals surface area contributed by atoms with Crippen molar-refractivity contribution in [3.63, 3.8) is 0 Å². The van der Waals surface area contributed by atoms with E-state index in [2.05, 4.69) is 50.4 Å². The zero-order valence-electron chi connectivity index (χ0n) is 17.2. The standard InChI is InChI=1S/C21H33N3O3/c1-6-24(13-19(25)26)18-11-17(12-18)22-20(27)23(5)14-21(3,4)16-9-7-15(2)8-10-16/h7-10,17-18H,6,11-14H2,1-5H3,(H,22,27)(H,25,26).